The molecule has 1 aromatic carbocycles. The Labute approximate surface area is 104 Å². The van der Waals surface area contributed by atoms with Crippen molar-refractivity contribution in [2.45, 2.75) is 39.3 Å². The molecule has 96 valence electrons. The molecule has 0 fully saturated rings. The van der Waals surface area contributed by atoms with Crippen molar-refractivity contribution < 1.29 is 5.11 Å². The van der Waals surface area contributed by atoms with Crippen molar-refractivity contribution in [3.63, 3.8) is 0 Å². The summed E-state index contributed by atoms with van der Waals surface area (Å²) < 4.78 is 0. The average molecular weight is 236 g/mol. The van der Waals surface area contributed by atoms with Gasteiger partial charge < -0.3 is 10.8 Å². The van der Waals surface area contributed by atoms with E-state index in [4.69, 9.17) is 5.73 Å². The third kappa shape index (κ3) is 5.71. The van der Waals surface area contributed by atoms with Crippen LogP contribution < -0.4 is 5.73 Å². The Bertz CT molecular complexity index is 326. The molecule has 0 amide bonds. The summed E-state index contributed by atoms with van der Waals surface area (Å²) >= 11 is 0. The Kier molecular flexibility index (Phi) is 6.01. The molecule has 1 atom stereocenters. The standard InChI is InChI=1S/C14H24N2O/c1-3-8-16(9-7-12(2)17)11-13-5-4-6-14(15)10-13/h4-6,10,12,17H,3,7-9,11,15H2,1-2H3. The second-order valence-electron chi connectivity index (χ2n) is 4.66. The number of hydrogen-bond donors (Lipinski definition) is 2. The molecule has 3 nitrogen and oxygen atoms in total. The average Bonchev–Trinajstić information content (AvgIpc) is 2.26. The van der Waals surface area contributed by atoms with Crippen LogP contribution in [0.4, 0.5) is 5.69 Å². The van der Waals surface area contributed by atoms with Gasteiger partial charge in [-0.3, -0.25) is 4.90 Å². The zero-order valence-corrected chi connectivity index (χ0v) is 10.9. The lowest BCUT2D eigenvalue weighted by molar-refractivity contribution is 0.153. The lowest BCUT2D eigenvalue weighted by Crippen LogP contribution is -2.27. The van der Waals surface area contributed by atoms with Crippen LogP contribution in [0.2, 0.25) is 0 Å². The maximum absolute atomic E-state index is 9.33. The SMILES string of the molecule is CCCN(CCC(C)O)Cc1cccc(N)c1. The quantitative estimate of drug-likeness (QED) is 0.714. The second-order valence-corrected chi connectivity index (χ2v) is 4.66. The van der Waals surface area contributed by atoms with Gasteiger partial charge in [0.1, 0.15) is 0 Å². The summed E-state index contributed by atoms with van der Waals surface area (Å²) in [6.07, 6.45) is 1.72. The number of benzene rings is 1. The van der Waals surface area contributed by atoms with Gasteiger partial charge >= 0.3 is 0 Å². The van der Waals surface area contributed by atoms with Crippen LogP contribution in [0.25, 0.3) is 0 Å². The minimum Gasteiger partial charge on any atom is -0.399 e. The molecule has 0 heterocycles. The van der Waals surface area contributed by atoms with Crippen molar-refractivity contribution in [2.24, 2.45) is 0 Å². The Morgan fingerprint density at radius 2 is 2.12 bits per heavy atom. The summed E-state index contributed by atoms with van der Waals surface area (Å²) in [5, 5.41) is 9.33. The summed E-state index contributed by atoms with van der Waals surface area (Å²) in [6, 6.07) is 8.01. The highest BCUT2D eigenvalue weighted by Crippen LogP contribution is 2.10. The molecule has 0 saturated carbocycles. The van der Waals surface area contributed by atoms with Gasteiger partial charge in [-0.15, -0.1) is 0 Å². The molecule has 3 N–H and O–H groups in total. The maximum Gasteiger partial charge on any atom is 0.0524 e. The Morgan fingerprint density at radius 1 is 1.35 bits per heavy atom. The van der Waals surface area contributed by atoms with E-state index in [0.717, 1.165) is 38.2 Å². The van der Waals surface area contributed by atoms with E-state index in [-0.39, 0.29) is 6.10 Å². The highest BCUT2D eigenvalue weighted by Gasteiger charge is 2.06. The van der Waals surface area contributed by atoms with Crippen molar-refractivity contribution in [1.82, 2.24) is 4.90 Å². The molecule has 0 aliphatic rings. The first kappa shape index (κ1) is 14.0. The maximum atomic E-state index is 9.33. The summed E-state index contributed by atoms with van der Waals surface area (Å²) in [6.45, 7) is 6.91. The van der Waals surface area contributed by atoms with Crippen LogP contribution >= 0.6 is 0 Å². The smallest absolute Gasteiger partial charge is 0.0524 e. The molecular formula is C14H24N2O. The minimum atomic E-state index is -0.227. The topological polar surface area (TPSA) is 49.5 Å². The van der Waals surface area contributed by atoms with Gasteiger partial charge in [0.2, 0.25) is 0 Å². The summed E-state index contributed by atoms with van der Waals surface area (Å²) in [5.41, 5.74) is 7.83. The van der Waals surface area contributed by atoms with Crippen LogP contribution in [-0.4, -0.2) is 29.2 Å². The van der Waals surface area contributed by atoms with E-state index < -0.39 is 0 Å². The fourth-order valence-corrected chi connectivity index (χ4v) is 1.91. The largest absolute Gasteiger partial charge is 0.399 e. The minimum absolute atomic E-state index is 0.227. The fraction of sp³-hybridized carbons (Fsp3) is 0.571. The molecule has 0 aliphatic heterocycles. The molecule has 0 saturated heterocycles. The lowest BCUT2D eigenvalue weighted by Gasteiger charge is -2.22. The predicted molar refractivity (Wildman–Crippen MR) is 72.7 cm³/mol. The normalized spacial score (nSPS) is 12.9. The summed E-state index contributed by atoms with van der Waals surface area (Å²) in [4.78, 5) is 2.36. The lowest BCUT2D eigenvalue weighted by atomic mass is 10.1. The van der Waals surface area contributed by atoms with Gasteiger partial charge in [0.25, 0.3) is 0 Å². The molecule has 1 aromatic rings. The number of anilines is 1. The van der Waals surface area contributed by atoms with E-state index in [1.165, 1.54) is 5.56 Å². The van der Waals surface area contributed by atoms with E-state index in [2.05, 4.69) is 17.9 Å². The van der Waals surface area contributed by atoms with Crippen LogP contribution in [0, 0.1) is 0 Å². The molecular weight excluding hydrogens is 212 g/mol. The van der Waals surface area contributed by atoms with Crippen molar-refractivity contribution in [2.75, 3.05) is 18.8 Å². The number of rotatable bonds is 7. The monoisotopic (exact) mass is 236 g/mol. The van der Waals surface area contributed by atoms with E-state index in [1.54, 1.807) is 0 Å². The van der Waals surface area contributed by atoms with Gasteiger partial charge in [-0.25, -0.2) is 0 Å². The number of hydrogen-bond acceptors (Lipinski definition) is 3. The fourth-order valence-electron chi connectivity index (χ4n) is 1.91. The first-order valence-corrected chi connectivity index (χ1v) is 6.36. The van der Waals surface area contributed by atoms with Gasteiger partial charge in [-0.05, 0) is 44.0 Å². The van der Waals surface area contributed by atoms with Gasteiger partial charge in [0.05, 0.1) is 6.10 Å². The summed E-state index contributed by atoms with van der Waals surface area (Å²) in [7, 11) is 0. The van der Waals surface area contributed by atoms with E-state index in [1.807, 2.05) is 25.1 Å². The Balaban J connectivity index is 2.53. The molecule has 0 spiro atoms. The number of nitrogens with two attached hydrogens (primary N) is 1. The van der Waals surface area contributed by atoms with E-state index >= 15 is 0 Å². The van der Waals surface area contributed by atoms with Crippen molar-refractivity contribution in [3.8, 4) is 0 Å². The van der Waals surface area contributed by atoms with Crippen LogP contribution in [-0.2, 0) is 6.54 Å². The second kappa shape index (κ2) is 7.30. The van der Waals surface area contributed by atoms with Crippen LogP contribution in [0.15, 0.2) is 24.3 Å². The van der Waals surface area contributed by atoms with E-state index in [0.29, 0.717) is 0 Å². The first-order chi connectivity index (χ1) is 8.11. The highest BCUT2D eigenvalue weighted by molar-refractivity contribution is 5.40. The van der Waals surface area contributed by atoms with Crippen LogP contribution in [0.3, 0.4) is 0 Å². The van der Waals surface area contributed by atoms with Gasteiger partial charge in [-0.2, -0.15) is 0 Å². The third-order valence-corrected chi connectivity index (χ3v) is 2.76. The molecule has 0 radical (unpaired) electrons. The number of aliphatic hydroxyl groups is 1. The molecule has 0 aliphatic carbocycles. The van der Waals surface area contributed by atoms with Crippen molar-refractivity contribution >= 4 is 5.69 Å². The number of nitrogen functional groups attached to an aromatic ring is 1. The third-order valence-electron chi connectivity index (χ3n) is 2.76. The van der Waals surface area contributed by atoms with Crippen LogP contribution in [0.5, 0.6) is 0 Å². The molecule has 3 heteroatoms. The zero-order valence-electron chi connectivity index (χ0n) is 10.9. The molecule has 17 heavy (non-hydrogen) atoms. The molecule has 1 unspecified atom stereocenters. The number of aliphatic hydroxyl groups excluding tert-OH is 1. The van der Waals surface area contributed by atoms with Crippen molar-refractivity contribution in [1.29, 1.82) is 0 Å². The van der Waals surface area contributed by atoms with Gasteiger partial charge in [0, 0.05) is 18.8 Å². The Morgan fingerprint density at radius 3 is 2.71 bits per heavy atom. The predicted octanol–water partition coefficient (Wildman–Crippen LogP) is 2.25. The van der Waals surface area contributed by atoms with Gasteiger partial charge in [0.15, 0.2) is 0 Å². The summed E-state index contributed by atoms with van der Waals surface area (Å²) in [5.74, 6) is 0. The highest BCUT2D eigenvalue weighted by atomic mass is 16.3. The zero-order chi connectivity index (χ0) is 12.7. The number of nitrogens with zero attached hydrogens (tertiary/aromatic N) is 1. The Hall–Kier alpha value is -1.06. The van der Waals surface area contributed by atoms with Gasteiger partial charge in [-0.1, -0.05) is 19.1 Å². The van der Waals surface area contributed by atoms with Crippen LogP contribution in [0.1, 0.15) is 32.3 Å². The molecule has 0 aromatic heterocycles. The van der Waals surface area contributed by atoms with Crippen molar-refractivity contribution in [3.05, 3.63) is 29.8 Å². The first-order valence-electron chi connectivity index (χ1n) is 6.36. The molecule has 0 bridgehead atoms. The molecule has 1 rings (SSSR count). The van der Waals surface area contributed by atoms with E-state index in [9.17, 15) is 5.11 Å².